The van der Waals surface area contributed by atoms with Crippen molar-refractivity contribution < 1.29 is 0 Å². The van der Waals surface area contributed by atoms with E-state index in [2.05, 4.69) is 53.6 Å². The molecule has 3 rings (SSSR count). The van der Waals surface area contributed by atoms with Crippen molar-refractivity contribution in [1.82, 2.24) is 0 Å². The minimum Gasteiger partial charge on any atom is -0.151 e. The van der Waals surface area contributed by atoms with Gasteiger partial charge in [0.25, 0.3) is 0 Å². The molecule has 0 N–H and O–H groups in total. The van der Waals surface area contributed by atoms with Crippen molar-refractivity contribution in [3.05, 3.63) is 84.4 Å². The minimum absolute atomic E-state index is 0.866. The predicted octanol–water partition coefficient (Wildman–Crippen LogP) is 7.11. The van der Waals surface area contributed by atoms with Crippen LogP contribution in [0.2, 0.25) is 0 Å². The third kappa shape index (κ3) is 4.39. The maximum absolute atomic E-state index is 4.33. The first-order valence-corrected chi connectivity index (χ1v) is 8.51. The fourth-order valence-electron chi connectivity index (χ4n) is 2.58. The summed E-state index contributed by atoms with van der Waals surface area (Å²) in [6, 6.07) is 26.9. The van der Waals surface area contributed by atoms with Gasteiger partial charge in [0.2, 0.25) is 0 Å². The summed E-state index contributed by atoms with van der Waals surface area (Å²) in [6.07, 6.45) is 3.59. The number of aryl methyl sites for hydroxylation is 1. The van der Waals surface area contributed by atoms with E-state index in [4.69, 9.17) is 0 Å². The Morgan fingerprint density at radius 1 is 0.625 bits per heavy atom. The van der Waals surface area contributed by atoms with E-state index in [0.29, 0.717) is 0 Å². The van der Waals surface area contributed by atoms with Gasteiger partial charge in [-0.3, -0.25) is 0 Å². The number of hydrogen-bond acceptors (Lipinski definition) is 2. The highest BCUT2D eigenvalue weighted by molar-refractivity contribution is 5.65. The maximum atomic E-state index is 4.33. The van der Waals surface area contributed by atoms with E-state index in [0.717, 1.165) is 17.8 Å². The molecule has 2 heteroatoms. The quantitative estimate of drug-likeness (QED) is 0.433. The molecule has 0 fully saturated rings. The van der Waals surface area contributed by atoms with Crippen LogP contribution in [0.1, 0.15) is 25.3 Å². The van der Waals surface area contributed by atoms with Gasteiger partial charge in [0.05, 0.1) is 11.4 Å². The number of hydrogen-bond donors (Lipinski definition) is 0. The molecule has 0 aliphatic rings. The lowest BCUT2D eigenvalue weighted by molar-refractivity contribution is 0.795. The lowest BCUT2D eigenvalue weighted by Crippen LogP contribution is -1.82. The summed E-state index contributed by atoms with van der Waals surface area (Å²) in [7, 11) is 0. The van der Waals surface area contributed by atoms with E-state index >= 15 is 0 Å². The molecule has 0 bridgehead atoms. The van der Waals surface area contributed by atoms with Crippen LogP contribution in [-0.2, 0) is 6.42 Å². The largest absolute Gasteiger partial charge is 0.151 e. The van der Waals surface area contributed by atoms with Gasteiger partial charge in [-0.1, -0.05) is 67.9 Å². The number of azo groups is 1. The Morgan fingerprint density at radius 2 is 1.17 bits per heavy atom. The third-order valence-corrected chi connectivity index (χ3v) is 4.01. The number of nitrogens with zero attached hydrogens (tertiary/aromatic N) is 2. The molecule has 0 radical (unpaired) electrons. The zero-order chi connectivity index (χ0) is 16.6. The molecule has 0 atom stereocenters. The predicted molar refractivity (Wildman–Crippen MR) is 101 cm³/mol. The van der Waals surface area contributed by atoms with Gasteiger partial charge in [0, 0.05) is 0 Å². The topological polar surface area (TPSA) is 24.7 Å². The van der Waals surface area contributed by atoms with Gasteiger partial charge in [-0.2, -0.15) is 10.2 Å². The van der Waals surface area contributed by atoms with Crippen LogP contribution in [0.15, 0.2) is 89.1 Å². The highest BCUT2D eigenvalue weighted by atomic mass is 15.1. The Hall–Kier alpha value is -2.74. The van der Waals surface area contributed by atoms with Crippen LogP contribution in [0.3, 0.4) is 0 Å². The van der Waals surface area contributed by atoms with Gasteiger partial charge < -0.3 is 0 Å². The van der Waals surface area contributed by atoms with E-state index in [1.165, 1.54) is 29.5 Å². The van der Waals surface area contributed by atoms with Crippen molar-refractivity contribution in [3.63, 3.8) is 0 Å². The van der Waals surface area contributed by atoms with Crippen LogP contribution in [0, 0.1) is 0 Å². The summed E-state index contributed by atoms with van der Waals surface area (Å²) in [5, 5.41) is 8.65. The van der Waals surface area contributed by atoms with Crippen LogP contribution in [0.5, 0.6) is 0 Å². The Labute approximate surface area is 143 Å². The lowest BCUT2D eigenvalue weighted by Gasteiger charge is -2.01. The maximum Gasteiger partial charge on any atom is 0.0857 e. The number of benzene rings is 3. The Kier molecular flexibility index (Phi) is 5.52. The molecule has 0 spiro atoms. The molecule has 3 aromatic rings. The van der Waals surface area contributed by atoms with Gasteiger partial charge in [-0.05, 0) is 53.8 Å². The molecular weight excluding hydrogens is 292 g/mol. The monoisotopic (exact) mass is 314 g/mol. The van der Waals surface area contributed by atoms with Crippen molar-refractivity contribution in [2.24, 2.45) is 10.2 Å². The zero-order valence-electron chi connectivity index (χ0n) is 14.0. The van der Waals surface area contributed by atoms with Gasteiger partial charge in [-0.15, -0.1) is 0 Å². The van der Waals surface area contributed by atoms with Gasteiger partial charge in [0.1, 0.15) is 0 Å². The molecular formula is C22H22N2. The minimum atomic E-state index is 0.866. The van der Waals surface area contributed by atoms with Crippen molar-refractivity contribution in [2.45, 2.75) is 26.2 Å². The van der Waals surface area contributed by atoms with Gasteiger partial charge >= 0.3 is 0 Å². The van der Waals surface area contributed by atoms with E-state index in [1.807, 2.05) is 42.5 Å². The van der Waals surface area contributed by atoms with Crippen molar-refractivity contribution in [2.75, 3.05) is 0 Å². The molecule has 0 aromatic heterocycles. The zero-order valence-corrected chi connectivity index (χ0v) is 14.0. The molecule has 0 amide bonds. The molecule has 0 aliphatic heterocycles. The second-order valence-corrected chi connectivity index (χ2v) is 5.88. The van der Waals surface area contributed by atoms with Crippen LogP contribution >= 0.6 is 0 Å². The fraction of sp³-hybridized carbons (Fsp3) is 0.182. The first kappa shape index (κ1) is 16.1. The molecule has 120 valence electrons. The molecule has 0 heterocycles. The summed E-state index contributed by atoms with van der Waals surface area (Å²) in [5.74, 6) is 0. The highest BCUT2D eigenvalue weighted by Gasteiger charge is 1.97. The molecule has 2 nitrogen and oxygen atoms in total. The second kappa shape index (κ2) is 8.21. The average molecular weight is 314 g/mol. The smallest absolute Gasteiger partial charge is 0.0857 e. The molecule has 0 saturated heterocycles. The van der Waals surface area contributed by atoms with Crippen molar-refractivity contribution >= 4 is 11.4 Å². The van der Waals surface area contributed by atoms with E-state index < -0.39 is 0 Å². The molecule has 3 aromatic carbocycles. The van der Waals surface area contributed by atoms with E-state index in [-0.39, 0.29) is 0 Å². The standard InChI is InChI=1S/C22H22N2/c1-2-3-7-18-10-14-21(15-11-18)23-24-22-16-12-20(13-17-22)19-8-5-4-6-9-19/h4-6,8-17H,2-3,7H2,1H3. The Bertz CT molecular complexity index is 772. The van der Waals surface area contributed by atoms with Crippen LogP contribution in [-0.4, -0.2) is 0 Å². The second-order valence-electron chi connectivity index (χ2n) is 5.88. The van der Waals surface area contributed by atoms with Gasteiger partial charge in [0.15, 0.2) is 0 Å². The molecule has 24 heavy (non-hydrogen) atoms. The normalized spacial score (nSPS) is 11.0. The summed E-state index contributed by atoms with van der Waals surface area (Å²) in [5.41, 5.74) is 5.52. The highest BCUT2D eigenvalue weighted by Crippen LogP contribution is 2.24. The Morgan fingerprint density at radius 3 is 1.75 bits per heavy atom. The molecule has 0 unspecified atom stereocenters. The third-order valence-electron chi connectivity index (χ3n) is 4.01. The van der Waals surface area contributed by atoms with Crippen LogP contribution < -0.4 is 0 Å². The summed E-state index contributed by atoms with van der Waals surface area (Å²) >= 11 is 0. The van der Waals surface area contributed by atoms with Crippen LogP contribution in [0.25, 0.3) is 11.1 Å². The van der Waals surface area contributed by atoms with E-state index in [1.54, 1.807) is 0 Å². The van der Waals surface area contributed by atoms with Gasteiger partial charge in [-0.25, -0.2) is 0 Å². The van der Waals surface area contributed by atoms with Crippen molar-refractivity contribution in [1.29, 1.82) is 0 Å². The van der Waals surface area contributed by atoms with E-state index in [9.17, 15) is 0 Å². The Balaban J connectivity index is 1.66. The first-order valence-electron chi connectivity index (χ1n) is 8.51. The van der Waals surface area contributed by atoms with Crippen molar-refractivity contribution in [3.8, 4) is 11.1 Å². The lowest BCUT2D eigenvalue weighted by atomic mass is 10.1. The average Bonchev–Trinajstić information content (AvgIpc) is 2.67. The number of unbranched alkanes of at least 4 members (excludes halogenated alkanes) is 1. The summed E-state index contributed by atoms with van der Waals surface area (Å²) in [6.45, 7) is 2.21. The SMILES string of the molecule is CCCCc1ccc(N=Nc2ccc(-c3ccccc3)cc2)cc1. The molecule has 0 aliphatic carbocycles. The fourth-order valence-corrected chi connectivity index (χ4v) is 2.58. The summed E-state index contributed by atoms with van der Waals surface area (Å²) < 4.78 is 0. The summed E-state index contributed by atoms with van der Waals surface area (Å²) in [4.78, 5) is 0. The number of rotatable bonds is 6. The van der Waals surface area contributed by atoms with Crippen LogP contribution in [0.4, 0.5) is 11.4 Å². The first-order chi connectivity index (χ1) is 11.8. The molecule has 0 saturated carbocycles.